The first-order chi connectivity index (χ1) is 15.5. The van der Waals surface area contributed by atoms with Crippen LogP contribution in [-0.2, 0) is 24.3 Å². The summed E-state index contributed by atoms with van der Waals surface area (Å²) < 4.78 is 18.4. The zero-order chi connectivity index (χ0) is 22.5. The molecule has 0 atom stereocenters. The number of amides is 1. The van der Waals surface area contributed by atoms with Crippen molar-refractivity contribution in [2.45, 2.75) is 24.7 Å². The first-order valence-corrected chi connectivity index (χ1v) is 11.1. The Labute approximate surface area is 189 Å². The summed E-state index contributed by atoms with van der Waals surface area (Å²) in [5.41, 5.74) is 2.79. The number of carbonyl (C=O) groups is 1. The Hall–Kier alpha value is -3.17. The quantitative estimate of drug-likeness (QED) is 0.421. The largest absolute Gasteiger partial charge is 0.497 e. The van der Waals surface area contributed by atoms with Crippen LogP contribution in [0, 0.1) is 5.82 Å². The number of hydrogen-bond donors (Lipinski definition) is 2. The predicted octanol–water partition coefficient (Wildman–Crippen LogP) is 3.21. The number of benzene rings is 2. The van der Waals surface area contributed by atoms with Gasteiger partial charge in [0.25, 0.3) is 5.56 Å². The molecule has 2 heterocycles. The minimum Gasteiger partial charge on any atom is -0.497 e. The molecule has 1 amide bonds. The molecule has 0 spiro atoms. The molecule has 1 aliphatic heterocycles. The number of fused-ring (bicyclic) bond motifs is 1. The van der Waals surface area contributed by atoms with Gasteiger partial charge in [0, 0.05) is 31.7 Å². The maximum absolute atomic E-state index is 13.2. The summed E-state index contributed by atoms with van der Waals surface area (Å²) in [4.78, 5) is 34.3. The summed E-state index contributed by atoms with van der Waals surface area (Å²) in [5.74, 6) is 0.152. The van der Waals surface area contributed by atoms with Crippen LogP contribution in [0.1, 0.15) is 16.8 Å². The third kappa shape index (κ3) is 5.54. The normalized spacial score (nSPS) is 13.4. The number of carbonyl (C=O) groups excluding carboxylic acids is 1. The van der Waals surface area contributed by atoms with Crippen molar-refractivity contribution in [3.63, 3.8) is 0 Å². The summed E-state index contributed by atoms with van der Waals surface area (Å²) in [6, 6.07) is 13.6. The van der Waals surface area contributed by atoms with Crippen molar-refractivity contribution in [2.24, 2.45) is 0 Å². The monoisotopic (exact) mass is 454 g/mol. The van der Waals surface area contributed by atoms with Gasteiger partial charge >= 0.3 is 0 Å². The fraction of sp³-hybridized carbons (Fsp3) is 0.261. The Morgan fingerprint density at radius 1 is 1.28 bits per heavy atom. The molecule has 0 bridgehead atoms. The third-order valence-corrected chi connectivity index (χ3v) is 6.01. The van der Waals surface area contributed by atoms with E-state index < -0.39 is 5.82 Å². The van der Waals surface area contributed by atoms with Crippen LogP contribution in [-0.4, -0.2) is 40.2 Å². The standard InChI is InChI=1S/C23H23FN4O3S/c1-31-18-7-5-15(6-8-18)12-28-10-9-20-19(13-28)22(30)27-23(26-20)32-14-21(29)25-17-4-2-3-16(24)11-17/h2-8,11H,9-10,12-14H2,1H3,(H,25,29)(H,26,27,30). The lowest BCUT2D eigenvalue weighted by Crippen LogP contribution is -2.35. The topological polar surface area (TPSA) is 87.3 Å². The number of aromatic nitrogens is 2. The van der Waals surface area contributed by atoms with Gasteiger partial charge in [0.1, 0.15) is 11.6 Å². The molecule has 4 rings (SSSR count). The molecule has 0 saturated heterocycles. The fourth-order valence-electron chi connectivity index (χ4n) is 3.55. The number of ether oxygens (including phenoxy) is 1. The van der Waals surface area contributed by atoms with Crippen LogP contribution in [0.3, 0.4) is 0 Å². The second-order valence-corrected chi connectivity index (χ2v) is 8.42. The molecule has 0 fully saturated rings. The van der Waals surface area contributed by atoms with Crippen molar-refractivity contribution in [2.75, 3.05) is 24.7 Å². The molecule has 7 nitrogen and oxygen atoms in total. The Bertz CT molecular complexity index is 1170. The Morgan fingerprint density at radius 2 is 2.09 bits per heavy atom. The van der Waals surface area contributed by atoms with E-state index in [-0.39, 0.29) is 17.2 Å². The minimum atomic E-state index is -0.419. The predicted molar refractivity (Wildman–Crippen MR) is 121 cm³/mol. The molecule has 2 aromatic carbocycles. The van der Waals surface area contributed by atoms with Crippen molar-refractivity contribution in [1.82, 2.24) is 14.9 Å². The van der Waals surface area contributed by atoms with Gasteiger partial charge in [0.05, 0.1) is 24.1 Å². The Kier molecular flexibility index (Phi) is 6.87. The van der Waals surface area contributed by atoms with E-state index in [0.717, 1.165) is 41.9 Å². The number of anilines is 1. The molecule has 0 unspecified atom stereocenters. The number of aromatic amines is 1. The summed E-state index contributed by atoms with van der Waals surface area (Å²) in [6.07, 6.45) is 0.665. The van der Waals surface area contributed by atoms with Crippen molar-refractivity contribution in [3.8, 4) is 5.75 Å². The minimum absolute atomic E-state index is 0.0574. The second kappa shape index (κ2) is 9.97. The van der Waals surface area contributed by atoms with Gasteiger partial charge < -0.3 is 15.0 Å². The second-order valence-electron chi connectivity index (χ2n) is 7.45. The molecule has 0 aliphatic carbocycles. The van der Waals surface area contributed by atoms with Crippen LogP contribution in [0.4, 0.5) is 10.1 Å². The summed E-state index contributed by atoms with van der Waals surface area (Å²) in [6.45, 7) is 2.05. The number of nitrogens with zero attached hydrogens (tertiary/aromatic N) is 2. The molecule has 32 heavy (non-hydrogen) atoms. The summed E-state index contributed by atoms with van der Waals surface area (Å²) >= 11 is 1.15. The molecular formula is C23H23FN4O3S. The van der Waals surface area contributed by atoms with E-state index in [1.165, 1.54) is 18.2 Å². The fourth-order valence-corrected chi connectivity index (χ4v) is 4.23. The van der Waals surface area contributed by atoms with Crippen molar-refractivity contribution in [1.29, 1.82) is 0 Å². The summed E-state index contributed by atoms with van der Waals surface area (Å²) in [5, 5.41) is 3.04. The van der Waals surface area contributed by atoms with Crippen LogP contribution >= 0.6 is 11.8 Å². The first-order valence-electron chi connectivity index (χ1n) is 10.2. The summed E-state index contributed by atoms with van der Waals surface area (Å²) in [7, 11) is 1.64. The number of halogens is 1. The zero-order valence-corrected chi connectivity index (χ0v) is 18.4. The number of nitrogens with one attached hydrogen (secondary N) is 2. The molecule has 0 saturated carbocycles. The molecule has 1 aliphatic rings. The number of methoxy groups -OCH3 is 1. The highest BCUT2D eigenvalue weighted by Crippen LogP contribution is 2.21. The third-order valence-electron chi connectivity index (χ3n) is 5.14. The van der Waals surface area contributed by atoms with E-state index >= 15 is 0 Å². The Morgan fingerprint density at radius 3 is 2.84 bits per heavy atom. The highest BCUT2D eigenvalue weighted by atomic mass is 32.2. The molecule has 1 aromatic heterocycles. The van der Waals surface area contributed by atoms with Gasteiger partial charge in [-0.1, -0.05) is 30.0 Å². The molecule has 166 valence electrons. The lowest BCUT2D eigenvalue weighted by molar-refractivity contribution is -0.113. The van der Waals surface area contributed by atoms with Gasteiger partial charge in [-0.15, -0.1) is 0 Å². The van der Waals surface area contributed by atoms with E-state index in [4.69, 9.17) is 4.74 Å². The first kappa shape index (κ1) is 22.0. The van der Waals surface area contributed by atoms with E-state index in [2.05, 4.69) is 20.2 Å². The van der Waals surface area contributed by atoms with Gasteiger partial charge in [0.2, 0.25) is 5.91 Å². The van der Waals surface area contributed by atoms with Crippen molar-refractivity contribution < 1.29 is 13.9 Å². The van der Waals surface area contributed by atoms with Crippen molar-refractivity contribution in [3.05, 3.63) is 81.5 Å². The van der Waals surface area contributed by atoms with Crippen LogP contribution in [0.2, 0.25) is 0 Å². The number of H-pyrrole nitrogens is 1. The SMILES string of the molecule is COc1ccc(CN2CCc3nc(SCC(=O)Nc4cccc(F)c4)[nH]c(=O)c3C2)cc1. The van der Waals surface area contributed by atoms with Gasteiger partial charge in [0.15, 0.2) is 5.16 Å². The van der Waals surface area contributed by atoms with E-state index in [1.54, 1.807) is 13.2 Å². The van der Waals surface area contributed by atoms with E-state index in [0.29, 0.717) is 29.4 Å². The Balaban J connectivity index is 1.36. The van der Waals surface area contributed by atoms with Crippen LogP contribution in [0.15, 0.2) is 58.5 Å². The van der Waals surface area contributed by atoms with E-state index in [1.807, 2.05) is 24.3 Å². The lowest BCUT2D eigenvalue weighted by atomic mass is 10.1. The highest BCUT2D eigenvalue weighted by Gasteiger charge is 2.21. The molecular weight excluding hydrogens is 431 g/mol. The average Bonchev–Trinajstić information content (AvgIpc) is 2.79. The zero-order valence-electron chi connectivity index (χ0n) is 17.6. The van der Waals surface area contributed by atoms with Crippen molar-refractivity contribution >= 4 is 23.4 Å². The van der Waals surface area contributed by atoms with Crippen LogP contribution < -0.4 is 15.6 Å². The molecule has 2 N–H and O–H groups in total. The maximum atomic E-state index is 13.2. The van der Waals surface area contributed by atoms with Gasteiger partial charge in [-0.25, -0.2) is 9.37 Å². The average molecular weight is 455 g/mol. The molecule has 3 aromatic rings. The maximum Gasteiger partial charge on any atom is 0.256 e. The highest BCUT2D eigenvalue weighted by molar-refractivity contribution is 7.99. The lowest BCUT2D eigenvalue weighted by Gasteiger charge is -2.27. The van der Waals surface area contributed by atoms with Gasteiger partial charge in [-0.05, 0) is 35.9 Å². The molecule has 9 heteroatoms. The number of thioether (sulfide) groups is 1. The molecule has 0 radical (unpaired) electrons. The van der Waals surface area contributed by atoms with E-state index in [9.17, 15) is 14.0 Å². The van der Waals surface area contributed by atoms with Gasteiger partial charge in [-0.2, -0.15) is 0 Å². The number of rotatable bonds is 7. The number of hydrogen-bond acceptors (Lipinski definition) is 6. The van der Waals surface area contributed by atoms with Gasteiger partial charge in [-0.3, -0.25) is 14.5 Å². The van der Waals surface area contributed by atoms with Crippen LogP contribution in [0.5, 0.6) is 5.75 Å². The van der Waals surface area contributed by atoms with Crippen LogP contribution in [0.25, 0.3) is 0 Å². The smallest absolute Gasteiger partial charge is 0.256 e.